The lowest BCUT2D eigenvalue weighted by molar-refractivity contribution is 0.422. The predicted molar refractivity (Wildman–Crippen MR) is 74.5 cm³/mol. The third-order valence-electron chi connectivity index (χ3n) is 2.12. The average molecular weight is 291 g/mol. The average Bonchev–Trinajstić information content (AvgIpc) is 2.56. The van der Waals surface area contributed by atoms with Crippen molar-refractivity contribution >= 4 is 21.2 Å². The maximum Gasteiger partial charge on any atom is 0.154 e. The molecule has 0 unspecified atom stereocenters. The third kappa shape index (κ3) is 7.03. The molecule has 7 heteroatoms. The van der Waals surface area contributed by atoms with Crippen LogP contribution in [-0.4, -0.2) is 37.0 Å². The molecule has 0 aliphatic carbocycles. The zero-order valence-corrected chi connectivity index (χ0v) is 13.0. The molecular formula is C11H21N3O2S2. The molecule has 0 aromatic carbocycles. The Morgan fingerprint density at radius 3 is 2.39 bits per heavy atom. The summed E-state index contributed by atoms with van der Waals surface area (Å²) < 4.78 is 22.2. The summed E-state index contributed by atoms with van der Waals surface area (Å²) in [5.74, 6) is -0.00902. The summed E-state index contributed by atoms with van der Waals surface area (Å²) in [5.41, 5.74) is 0.128. The van der Waals surface area contributed by atoms with Gasteiger partial charge in [0.15, 0.2) is 9.84 Å². The SMILES string of the molecule is CC(C)(C)NCCCc1nnc(CS(C)(=O)=O)s1. The zero-order chi connectivity index (χ0) is 13.8. The monoisotopic (exact) mass is 291 g/mol. The van der Waals surface area contributed by atoms with Crippen LogP contribution >= 0.6 is 11.3 Å². The van der Waals surface area contributed by atoms with Crippen molar-refractivity contribution in [3.63, 3.8) is 0 Å². The van der Waals surface area contributed by atoms with Crippen LogP contribution < -0.4 is 5.32 Å². The largest absolute Gasteiger partial charge is 0.312 e. The molecule has 1 rings (SSSR count). The minimum Gasteiger partial charge on any atom is -0.312 e. The fourth-order valence-electron chi connectivity index (χ4n) is 1.38. The first-order chi connectivity index (χ1) is 8.16. The second kappa shape index (κ2) is 6.08. The van der Waals surface area contributed by atoms with Crippen LogP contribution in [0.5, 0.6) is 0 Å². The van der Waals surface area contributed by atoms with Gasteiger partial charge in [-0.3, -0.25) is 0 Å². The Kier molecular flexibility index (Phi) is 5.24. The molecule has 0 amide bonds. The maximum atomic E-state index is 11.1. The topological polar surface area (TPSA) is 72.0 Å². The van der Waals surface area contributed by atoms with E-state index in [9.17, 15) is 8.42 Å². The number of hydrogen-bond acceptors (Lipinski definition) is 6. The van der Waals surface area contributed by atoms with E-state index in [-0.39, 0.29) is 11.3 Å². The number of nitrogens with one attached hydrogen (secondary N) is 1. The number of aryl methyl sites for hydroxylation is 1. The van der Waals surface area contributed by atoms with Crippen LogP contribution in [-0.2, 0) is 22.0 Å². The lowest BCUT2D eigenvalue weighted by Gasteiger charge is -2.20. The van der Waals surface area contributed by atoms with E-state index < -0.39 is 9.84 Å². The zero-order valence-electron chi connectivity index (χ0n) is 11.4. The summed E-state index contributed by atoms with van der Waals surface area (Å²) in [6.45, 7) is 7.30. The maximum absolute atomic E-state index is 11.1. The molecule has 0 atom stereocenters. The highest BCUT2D eigenvalue weighted by molar-refractivity contribution is 7.90. The number of rotatable bonds is 6. The minimum atomic E-state index is -3.01. The Hall–Kier alpha value is -0.530. The van der Waals surface area contributed by atoms with Gasteiger partial charge in [0.05, 0.1) is 0 Å². The van der Waals surface area contributed by atoms with Crippen molar-refractivity contribution in [2.75, 3.05) is 12.8 Å². The molecule has 1 N–H and O–H groups in total. The predicted octanol–water partition coefficient (Wildman–Crippen LogP) is 1.40. The van der Waals surface area contributed by atoms with Crippen LogP contribution in [0.3, 0.4) is 0 Å². The van der Waals surface area contributed by atoms with Gasteiger partial charge in [0.2, 0.25) is 0 Å². The van der Waals surface area contributed by atoms with E-state index in [1.165, 1.54) is 17.6 Å². The summed E-state index contributed by atoms with van der Waals surface area (Å²) >= 11 is 1.39. The van der Waals surface area contributed by atoms with E-state index in [1.54, 1.807) is 0 Å². The van der Waals surface area contributed by atoms with Crippen molar-refractivity contribution in [2.24, 2.45) is 0 Å². The summed E-state index contributed by atoms with van der Waals surface area (Å²) in [6, 6.07) is 0. The first-order valence-corrected chi connectivity index (χ1v) is 8.77. The molecule has 1 aromatic rings. The molecule has 18 heavy (non-hydrogen) atoms. The van der Waals surface area contributed by atoms with Crippen molar-refractivity contribution in [3.05, 3.63) is 10.0 Å². The van der Waals surface area contributed by atoms with Crippen molar-refractivity contribution in [2.45, 2.75) is 44.9 Å². The van der Waals surface area contributed by atoms with Crippen LogP contribution in [0.25, 0.3) is 0 Å². The van der Waals surface area contributed by atoms with Crippen LogP contribution in [0.15, 0.2) is 0 Å². The van der Waals surface area contributed by atoms with Gasteiger partial charge >= 0.3 is 0 Å². The molecule has 5 nitrogen and oxygen atoms in total. The molecule has 0 saturated carbocycles. The number of hydrogen-bond donors (Lipinski definition) is 1. The Labute approximate surface area is 113 Å². The summed E-state index contributed by atoms with van der Waals surface area (Å²) in [6.07, 6.45) is 3.02. The fraction of sp³-hybridized carbons (Fsp3) is 0.818. The van der Waals surface area contributed by atoms with E-state index in [0.29, 0.717) is 5.01 Å². The van der Waals surface area contributed by atoms with Crippen molar-refractivity contribution in [1.29, 1.82) is 0 Å². The van der Waals surface area contributed by atoms with E-state index in [2.05, 4.69) is 36.3 Å². The molecule has 0 saturated heterocycles. The van der Waals surface area contributed by atoms with Gasteiger partial charge in [-0.2, -0.15) is 0 Å². The second-order valence-electron chi connectivity index (χ2n) is 5.44. The van der Waals surface area contributed by atoms with Gasteiger partial charge in [-0.1, -0.05) is 0 Å². The quantitative estimate of drug-likeness (QED) is 0.802. The Morgan fingerprint density at radius 2 is 1.83 bits per heavy atom. The highest BCUT2D eigenvalue weighted by Crippen LogP contribution is 2.14. The molecule has 1 heterocycles. The fourth-order valence-corrected chi connectivity index (χ4v) is 3.44. The van der Waals surface area contributed by atoms with Crippen LogP contribution in [0.1, 0.15) is 37.2 Å². The van der Waals surface area contributed by atoms with Crippen LogP contribution in [0.2, 0.25) is 0 Å². The molecule has 1 aromatic heterocycles. The number of sulfone groups is 1. The summed E-state index contributed by atoms with van der Waals surface area (Å²) in [7, 11) is -3.01. The molecule has 104 valence electrons. The lowest BCUT2D eigenvalue weighted by Crippen LogP contribution is -2.36. The molecular weight excluding hydrogens is 270 g/mol. The van der Waals surface area contributed by atoms with Gasteiger partial charge in [-0.05, 0) is 33.7 Å². The van der Waals surface area contributed by atoms with Gasteiger partial charge < -0.3 is 5.32 Å². The standard InChI is InChI=1S/C11H21N3O2S2/c1-11(2,3)12-7-5-6-9-13-14-10(17-9)8-18(4,15)16/h12H,5-8H2,1-4H3. The molecule has 0 radical (unpaired) electrons. The van der Waals surface area contributed by atoms with Crippen LogP contribution in [0, 0.1) is 0 Å². The normalized spacial score (nSPS) is 12.9. The second-order valence-corrected chi connectivity index (χ2v) is 8.73. The molecule has 0 aliphatic rings. The van der Waals surface area contributed by atoms with Gasteiger partial charge in [-0.25, -0.2) is 8.42 Å². The van der Waals surface area contributed by atoms with Gasteiger partial charge in [-0.15, -0.1) is 21.5 Å². The summed E-state index contributed by atoms with van der Waals surface area (Å²) in [5, 5.41) is 12.8. The Morgan fingerprint density at radius 1 is 1.22 bits per heavy atom. The van der Waals surface area contributed by atoms with Gasteiger partial charge in [0.1, 0.15) is 15.8 Å². The van der Waals surface area contributed by atoms with E-state index in [0.717, 1.165) is 24.4 Å². The first-order valence-electron chi connectivity index (χ1n) is 5.90. The molecule has 0 aliphatic heterocycles. The van der Waals surface area contributed by atoms with Gasteiger partial charge in [0, 0.05) is 18.2 Å². The van der Waals surface area contributed by atoms with Crippen molar-refractivity contribution in [1.82, 2.24) is 15.5 Å². The third-order valence-corrected chi connectivity index (χ3v) is 4.08. The highest BCUT2D eigenvalue weighted by Gasteiger charge is 2.11. The van der Waals surface area contributed by atoms with E-state index in [4.69, 9.17) is 0 Å². The van der Waals surface area contributed by atoms with Gasteiger partial charge in [0.25, 0.3) is 0 Å². The molecule has 0 fully saturated rings. The Bertz CT molecular complexity index is 475. The number of nitrogens with zero attached hydrogens (tertiary/aromatic N) is 2. The number of aromatic nitrogens is 2. The van der Waals surface area contributed by atoms with E-state index >= 15 is 0 Å². The van der Waals surface area contributed by atoms with Crippen molar-refractivity contribution in [3.8, 4) is 0 Å². The Balaban J connectivity index is 2.36. The van der Waals surface area contributed by atoms with Crippen LogP contribution in [0.4, 0.5) is 0 Å². The molecule has 0 spiro atoms. The summed E-state index contributed by atoms with van der Waals surface area (Å²) in [4.78, 5) is 0. The highest BCUT2D eigenvalue weighted by atomic mass is 32.2. The minimum absolute atomic E-state index is 0.00902. The van der Waals surface area contributed by atoms with Crippen molar-refractivity contribution < 1.29 is 8.42 Å². The molecule has 0 bridgehead atoms. The lowest BCUT2D eigenvalue weighted by atomic mass is 10.1. The first kappa shape index (κ1) is 15.5. The van der Waals surface area contributed by atoms with E-state index in [1.807, 2.05) is 0 Å². The smallest absolute Gasteiger partial charge is 0.154 e.